The Kier molecular flexibility index (Phi) is 9.51. The summed E-state index contributed by atoms with van der Waals surface area (Å²) in [5, 5.41) is 3.45. The zero-order valence-corrected chi connectivity index (χ0v) is 13.9. The van der Waals surface area contributed by atoms with Gasteiger partial charge >= 0.3 is 0 Å². The molecule has 0 aliphatic rings. The highest BCUT2D eigenvalue weighted by Crippen LogP contribution is 2.28. The molecule has 1 N–H and O–H groups in total. The molecule has 3 nitrogen and oxygen atoms in total. The Hall–Kier alpha value is -1.38. The Morgan fingerprint density at radius 1 is 0.857 bits per heavy atom. The molecule has 0 radical (unpaired) electrons. The minimum Gasteiger partial charge on any atom is -0.497 e. The van der Waals surface area contributed by atoms with E-state index in [2.05, 4.69) is 12.2 Å². The highest BCUT2D eigenvalue weighted by atomic mass is 16.5. The van der Waals surface area contributed by atoms with Crippen molar-refractivity contribution in [2.75, 3.05) is 26.1 Å². The van der Waals surface area contributed by atoms with E-state index < -0.39 is 0 Å². The minimum atomic E-state index is 0.824. The molecule has 0 aliphatic heterocycles. The van der Waals surface area contributed by atoms with Crippen LogP contribution in [-0.2, 0) is 0 Å². The van der Waals surface area contributed by atoms with Gasteiger partial charge in [0.25, 0.3) is 0 Å². The van der Waals surface area contributed by atoms with E-state index in [4.69, 9.17) is 9.47 Å². The van der Waals surface area contributed by atoms with Crippen molar-refractivity contribution in [3.8, 4) is 11.5 Å². The second kappa shape index (κ2) is 11.3. The summed E-state index contributed by atoms with van der Waals surface area (Å²) >= 11 is 0. The van der Waals surface area contributed by atoms with Crippen LogP contribution in [0.4, 0.5) is 5.69 Å². The second-order valence-corrected chi connectivity index (χ2v) is 5.47. The zero-order chi connectivity index (χ0) is 15.3. The first kappa shape index (κ1) is 17.7. The number of unbranched alkanes of at least 4 members (excludes halogenated alkanes) is 7. The third-order valence-electron chi connectivity index (χ3n) is 3.75. The smallest absolute Gasteiger partial charge is 0.145 e. The number of methoxy groups -OCH3 is 2. The van der Waals surface area contributed by atoms with Crippen LogP contribution in [-0.4, -0.2) is 20.8 Å². The van der Waals surface area contributed by atoms with Gasteiger partial charge in [0.2, 0.25) is 0 Å². The van der Waals surface area contributed by atoms with Gasteiger partial charge in [-0.05, 0) is 18.6 Å². The molecule has 0 saturated heterocycles. The number of rotatable bonds is 12. The van der Waals surface area contributed by atoms with Crippen LogP contribution in [0.1, 0.15) is 58.3 Å². The Labute approximate surface area is 130 Å². The molecule has 0 amide bonds. The summed E-state index contributed by atoms with van der Waals surface area (Å²) in [5.74, 6) is 1.67. The molecule has 0 fully saturated rings. The molecule has 1 rings (SSSR count). The number of hydrogen-bond donors (Lipinski definition) is 1. The van der Waals surface area contributed by atoms with E-state index in [9.17, 15) is 0 Å². The first-order valence-electron chi connectivity index (χ1n) is 8.27. The molecule has 0 atom stereocenters. The first-order chi connectivity index (χ1) is 10.3. The molecule has 1 aromatic carbocycles. The number of benzene rings is 1. The standard InChI is InChI=1S/C18H31NO2/c1-4-5-6-7-8-9-10-11-14-19-17-13-12-16(20-2)15-18(17)21-3/h12-13,15,19H,4-11,14H2,1-3H3. The van der Waals surface area contributed by atoms with Gasteiger partial charge in [-0.15, -0.1) is 0 Å². The van der Waals surface area contributed by atoms with Gasteiger partial charge < -0.3 is 14.8 Å². The van der Waals surface area contributed by atoms with Crippen LogP contribution < -0.4 is 14.8 Å². The lowest BCUT2D eigenvalue weighted by molar-refractivity contribution is 0.395. The average molecular weight is 293 g/mol. The monoisotopic (exact) mass is 293 g/mol. The van der Waals surface area contributed by atoms with Crippen molar-refractivity contribution in [3.05, 3.63) is 18.2 Å². The predicted octanol–water partition coefficient (Wildman–Crippen LogP) is 5.26. The van der Waals surface area contributed by atoms with E-state index in [0.717, 1.165) is 23.7 Å². The number of nitrogens with one attached hydrogen (secondary N) is 1. The highest BCUT2D eigenvalue weighted by Gasteiger charge is 2.03. The van der Waals surface area contributed by atoms with Crippen LogP contribution in [0.25, 0.3) is 0 Å². The molecule has 0 bridgehead atoms. The molecule has 0 saturated carbocycles. The van der Waals surface area contributed by atoms with Crippen LogP contribution in [0.3, 0.4) is 0 Å². The topological polar surface area (TPSA) is 30.5 Å². The molecule has 0 unspecified atom stereocenters. The van der Waals surface area contributed by atoms with Crippen LogP contribution >= 0.6 is 0 Å². The van der Waals surface area contributed by atoms with Crippen LogP contribution in [0, 0.1) is 0 Å². The molecule has 0 aromatic heterocycles. The van der Waals surface area contributed by atoms with Gasteiger partial charge in [-0.1, -0.05) is 51.9 Å². The van der Waals surface area contributed by atoms with Crippen molar-refractivity contribution < 1.29 is 9.47 Å². The van der Waals surface area contributed by atoms with Crippen molar-refractivity contribution in [1.29, 1.82) is 0 Å². The minimum absolute atomic E-state index is 0.824. The fourth-order valence-electron chi connectivity index (χ4n) is 2.43. The maximum atomic E-state index is 5.38. The molecule has 21 heavy (non-hydrogen) atoms. The summed E-state index contributed by atoms with van der Waals surface area (Å²) in [6.07, 6.45) is 10.8. The summed E-state index contributed by atoms with van der Waals surface area (Å²) in [6.45, 7) is 3.26. The zero-order valence-electron chi connectivity index (χ0n) is 13.9. The third kappa shape index (κ3) is 7.26. The van der Waals surface area contributed by atoms with Gasteiger partial charge in [-0.25, -0.2) is 0 Å². The lowest BCUT2D eigenvalue weighted by Gasteiger charge is -2.12. The molecule has 0 aliphatic carbocycles. The number of anilines is 1. The summed E-state index contributed by atoms with van der Waals surface area (Å²) in [4.78, 5) is 0. The second-order valence-electron chi connectivity index (χ2n) is 5.47. The summed E-state index contributed by atoms with van der Waals surface area (Å²) in [5.41, 5.74) is 1.04. The van der Waals surface area contributed by atoms with Gasteiger partial charge in [0.15, 0.2) is 0 Å². The van der Waals surface area contributed by atoms with Crippen molar-refractivity contribution in [3.63, 3.8) is 0 Å². The van der Waals surface area contributed by atoms with Crippen molar-refractivity contribution in [1.82, 2.24) is 0 Å². The predicted molar refractivity (Wildman–Crippen MR) is 90.6 cm³/mol. The van der Waals surface area contributed by atoms with E-state index in [0.29, 0.717) is 0 Å². The average Bonchev–Trinajstić information content (AvgIpc) is 2.53. The van der Waals surface area contributed by atoms with E-state index >= 15 is 0 Å². The van der Waals surface area contributed by atoms with Gasteiger partial charge in [0, 0.05) is 12.6 Å². The van der Waals surface area contributed by atoms with Crippen LogP contribution in [0.15, 0.2) is 18.2 Å². The quantitative estimate of drug-likeness (QED) is 0.533. The summed E-state index contributed by atoms with van der Waals surface area (Å²) in [6, 6.07) is 5.89. The SMILES string of the molecule is CCCCCCCCCCNc1ccc(OC)cc1OC. The lowest BCUT2D eigenvalue weighted by Crippen LogP contribution is -2.03. The van der Waals surface area contributed by atoms with Gasteiger partial charge in [0.05, 0.1) is 19.9 Å². The molecular formula is C18H31NO2. The first-order valence-corrected chi connectivity index (χ1v) is 8.27. The Balaban J connectivity index is 2.15. The molecule has 120 valence electrons. The van der Waals surface area contributed by atoms with Gasteiger partial charge in [0.1, 0.15) is 11.5 Å². The third-order valence-corrected chi connectivity index (χ3v) is 3.75. The summed E-state index contributed by atoms with van der Waals surface area (Å²) < 4.78 is 10.6. The van der Waals surface area contributed by atoms with Gasteiger partial charge in [-0.2, -0.15) is 0 Å². The van der Waals surface area contributed by atoms with Crippen molar-refractivity contribution >= 4 is 5.69 Å². The fraction of sp³-hybridized carbons (Fsp3) is 0.667. The Morgan fingerprint density at radius 2 is 1.52 bits per heavy atom. The van der Waals surface area contributed by atoms with E-state index in [1.165, 1.54) is 51.4 Å². The summed E-state index contributed by atoms with van der Waals surface area (Å²) in [7, 11) is 3.36. The van der Waals surface area contributed by atoms with Crippen LogP contribution in [0.2, 0.25) is 0 Å². The van der Waals surface area contributed by atoms with E-state index in [-0.39, 0.29) is 0 Å². The maximum absolute atomic E-state index is 5.38. The fourth-order valence-corrected chi connectivity index (χ4v) is 2.43. The Bertz CT molecular complexity index is 379. The highest BCUT2D eigenvalue weighted by molar-refractivity contribution is 5.59. The number of hydrogen-bond acceptors (Lipinski definition) is 3. The largest absolute Gasteiger partial charge is 0.497 e. The molecule has 1 aromatic rings. The maximum Gasteiger partial charge on any atom is 0.145 e. The van der Waals surface area contributed by atoms with Crippen molar-refractivity contribution in [2.24, 2.45) is 0 Å². The molecule has 0 heterocycles. The van der Waals surface area contributed by atoms with Crippen LogP contribution in [0.5, 0.6) is 11.5 Å². The van der Waals surface area contributed by atoms with E-state index in [1.54, 1.807) is 14.2 Å². The Morgan fingerprint density at radius 3 is 2.14 bits per heavy atom. The van der Waals surface area contributed by atoms with Gasteiger partial charge in [-0.3, -0.25) is 0 Å². The molecule has 0 spiro atoms. The molecule has 3 heteroatoms. The normalized spacial score (nSPS) is 10.4. The van der Waals surface area contributed by atoms with E-state index in [1.807, 2.05) is 18.2 Å². The van der Waals surface area contributed by atoms with Crippen molar-refractivity contribution in [2.45, 2.75) is 58.3 Å². The lowest BCUT2D eigenvalue weighted by atomic mass is 10.1. The molecular weight excluding hydrogens is 262 g/mol. The number of ether oxygens (including phenoxy) is 2.